The first kappa shape index (κ1) is 14.6. The molecule has 0 saturated heterocycles. The van der Waals surface area contributed by atoms with E-state index in [0.717, 1.165) is 17.0 Å². The lowest BCUT2D eigenvalue weighted by molar-refractivity contribution is 0.406. The lowest BCUT2D eigenvalue weighted by Gasteiger charge is -2.16. The Morgan fingerprint density at radius 2 is 2.05 bits per heavy atom. The predicted molar refractivity (Wildman–Crippen MR) is 86.7 cm³/mol. The Hall–Kier alpha value is -2.34. The minimum atomic E-state index is 0.0886. The average Bonchev–Trinajstić information content (AvgIpc) is 2.90. The fourth-order valence-corrected chi connectivity index (χ4v) is 2.65. The van der Waals surface area contributed by atoms with E-state index in [0.29, 0.717) is 17.1 Å². The van der Waals surface area contributed by atoms with Crippen molar-refractivity contribution in [1.82, 2.24) is 19.5 Å². The van der Waals surface area contributed by atoms with Crippen LogP contribution in [0.15, 0.2) is 24.5 Å². The first-order valence-corrected chi connectivity index (χ1v) is 7.24. The quantitative estimate of drug-likeness (QED) is 0.750. The van der Waals surface area contributed by atoms with E-state index in [1.807, 2.05) is 22.8 Å². The number of hydrogen-bond donors (Lipinski definition) is 1. The van der Waals surface area contributed by atoms with E-state index in [4.69, 9.17) is 22.1 Å². The van der Waals surface area contributed by atoms with Gasteiger partial charge in [-0.2, -0.15) is 9.97 Å². The minimum Gasteiger partial charge on any atom is -0.494 e. The van der Waals surface area contributed by atoms with E-state index in [1.54, 1.807) is 13.4 Å². The Morgan fingerprint density at radius 3 is 2.73 bits per heavy atom. The van der Waals surface area contributed by atoms with Gasteiger partial charge in [0.15, 0.2) is 17.0 Å². The highest BCUT2D eigenvalue weighted by atomic mass is 35.5. The molecular weight excluding hydrogens is 302 g/mol. The zero-order valence-electron chi connectivity index (χ0n) is 12.5. The van der Waals surface area contributed by atoms with E-state index in [1.165, 1.54) is 0 Å². The molecule has 22 heavy (non-hydrogen) atoms. The van der Waals surface area contributed by atoms with Gasteiger partial charge in [0.2, 0.25) is 5.28 Å². The second-order valence-corrected chi connectivity index (χ2v) is 5.56. The van der Waals surface area contributed by atoms with Crippen LogP contribution >= 0.6 is 11.6 Å². The molecule has 0 radical (unpaired) electrons. The van der Waals surface area contributed by atoms with Crippen LogP contribution in [0.25, 0.3) is 16.9 Å². The number of methoxy groups -OCH3 is 1. The molecule has 7 heteroatoms. The third kappa shape index (κ3) is 2.25. The highest BCUT2D eigenvalue weighted by Crippen LogP contribution is 2.34. The van der Waals surface area contributed by atoms with E-state index in [2.05, 4.69) is 28.8 Å². The number of fused-ring (bicyclic) bond motifs is 1. The first-order valence-electron chi connectivity index (χ1n) is 6.86. The Labute approximate surface area is 132 Å². The molecule has 3 rings (SSSR count). The number of hydrogen-bond acceptors (Lipinski definition) is 5. The van der Waals surface area contributed by atoms with Gasteiger partial charge in [0.1, 0.15) is 12.1 Å². The normalized spacial score (nSPS) is 11.3. The van der Waals surface area contributed by atoms with Crippen molar-refractivity contribution in [2.45, 2.75) is 19.8 Å². The van der Waals surface area contributed by atoms with Crippen molar-refractivity contribution in [3.8, 4) is 11.4 Å². The molecule has 0 unspecified atom stereocenters. The van der Waals surface area contributed by atoms with Gasteiger partial charge in [0, 0.05) is 0 Å². The zero-order chi connectivity index (χ0) is 15.9. The van der Waals surface area contributed by atoms with Crippen LogP contribution in [0.3, 0.4) is 0 Å². The molecule has 0 amide bonds. The molecule has 0 bridgehead atoms. The number of nitrogens with two attached hydrogens (primary N) is 1. The highest BCUT2D eigenvalue weighted by molar-refractivity contribution is 6.28. The van der Waals surface area contributed by atoms with E-state index in [-0.39, 0.29) is 11.1 Å². The lowest BCUT2D eigenvalue weighted by atomic mass is 10.0. The fraction of sp³-hybridized carbons (Fsp3) is 0.267. The van der Waals surface area contributed by atoms with E-state index < -0.39 is 0 Å². The van der Waals surface area contributed by atoms with Gasteiger partial charge in [0.25, 0.3) is 0 Å². The number of anilines is 1. The highest BCUT2D eigenvalue weighted by Gasteiger charge is 2.17. The Bertz CT molecular complexity index is 843. The number of nitrogens with zero attached hydrogens (tertiary/aromatic N) is 4. The number of benzene rings is 1. The SMILES string of the molecule is COc1c(C(C)C)cccc1-n1cnc2c(N)nc(Cl)nc21. The number of ether oxygens (including phenoxy) is 1. The number of rotatable bonds is 3. The monoisotopic (exact) mass is 317 g/mol. The standard InChI is InChI=1S/C15H16ClN5O/c1-8(2)9-5-4-6-10(12(9)22-3)21-7-18-11-13(17)19-15(16)20-14(11)21/h4-8H,1-3H3,(H2,17,19,20). The summed E-state index contributed by atoms with van der Waals surface area (Å²) in [5.41, 5.74) is 8.87. The lowest BCUT2D eigenvalue weighted by Crippen LogP contribution is -2.03. The summed E-state index contributed by atoms with van der Waals surface area (Å²) in [4.78, 5) is 12.4. The molecule has 2 aromatic heterocycles. The maximum Gasteiger partial charge on any atom is 0.226 e. The summed E-state index contributed by atoms with van der Waals surface area (Å²) in [5.74, 6) is 1.37. The van der Waals surface area contributed by atoms with Crippen LogP contribution in [0.5, 0.6) is 5.75 Å². The topological polar surface area (TPSA) is 78.9 Å². The number of nitrogen functional groups attached to an aromatic ring is 1. The maximum absolute atomic E-state index is 5.92. The molecule has 3 aromatic rings. The van der Waals surface area contributed by atoms with Crippen molar-refractivity contribution in [1.29, 1.82) is 0 Å². The predicted octanol–water partition coefficient (Wildman–Crippen LogP) is 3.18. The van der Waals surface area contributed by atoms with Crippen LogP contribution in [0.1, 0.15) is 25.3 Å². The van der Waals surface area contributed by atoms with Gasteiger partial charge < -0.3 is 10.5 Å². The first-order chi connectivity index (χ1) is 10.5. The molecule has 0 atom stereocenters. The Morgan fingerprint density at radius 1 is 1.27 bits per heavy atom. The van der Waals surface area contributed by atoms with Gasteiger partial charge in [-0.25, -0.2) is 4.98 Å². The molecule has 2 heterocycles. The summed E-state index contributed by atoms with van der Waals surface area (Å²) in [6.07, 6.45) is 1.65. The summed E-state index contributed by atoms with van der Waals surface area (Å²) in [7, 11) is 1.65. The van der Waals surface area contributed by atoms with Gasteiger partial charge in [-0.05, 0) is 29.1 Å². The van der Waals surface area contributed by atoms with E-state index in [9.17, 15) is 0 Å². The van der Waals surface area contributed by atoms with Crippen molar-refractivity contribution < 1.29 is 4.74 Å². The second kappa shape index (κ2) is 5.46. The van der Waals surface area contributed by atoms with Crippen LogP contribution in [0.4, 0.5) is 5.82 Å². The molecule has 6 nitrogen and oxygen atoms in total. The Balaban J connectivity index is 2.31. The summed E-state index contributed by atoms with van der Waals surface area (Å²) in [6, 6.07) is 5.96. The van der Waals surface area contributed by atoms with Gasteiger partial charge in [-0.1, -0.05) is 26.0 Å². The van der Waals surface area contributed by atoms with Crippen molar-refractivity contribution in [2.75, 3.05) is 12.8 Å². The summed E-state index contributed by atoms with van der Waals surface area (Å²) >= 11 is 5.92. The van der Waals surface area contributed by atoms with Gasteiger partial charge >= 0.3 is 0 Å². The Kier molecular flexibility index (Phi) is 3.62. The summed E-state index contributed by atoms with van der Waals surface area (Å²) in [6.45, 7) is 4.23. The van der Waals surface area contributed by atoms with Gasteiger partial charge in [-0.3, -0.25) is 4.57 Å². The van der Waals surface area contributed by atoms with Crippen LogP contribution in [0, 0.1) is 0 Å². The summed E-state index contributed by atoms with van der Waals surface area (Å²) < 4.78 is 7.42. The smallest absolute Gasteiger partial charge is 0.226 e. The van der Waals surface area contributed by atoms with Crippen LogP contribution < -0.4 is 10.5 Å². The van der Waals surface area contributed by atoms with Crippen molar-refractivity contribution in [3.63, 3.8) is 0 Å². The molecule has 0 aliphatic rings. The summed E-state index contributed by atoms with van der Waals surface area (Å²) in [5, 5.41) is 0.0886. The number of para-hydroxylation sites is 1. The number of imidazole rings is 1. The van der Waals surface area contributed by atoms with Crippen LogP contribution in [-0.4, -0.2) is 26.6 Å². The molecule has 1 aromatic carbocycles. The van der Waals surface area contributed by atoms with Crippen LogP contribution in [-0.2, 0) is 0 Å². The maximum atomic E-state index is 5.92. The number of halogens is 1. The molecule has 114 valence electrons. The number of aromatic nitrogens is 4. The molecular formula is C15H16ClN5O. The van der Waals surface area contributed by atoms with Gasteiger partial charge in [-0.15, -0.1) is 0 Å². The third-order valence-corrected chi connectivity index (χ3v) is 3.68. The molecule has 0 spiro atoms. The fourth-order valence-electron chi connectivity index (χ4n) is 2.48. The van der Waals surface area contributed by atoms with Gasteiger partial charge in [0.05, 0.1) is 12.8 Å². The van der Waals surface area contributed by atoms with Crippen molar-refractivity contribution in [3.05, 3.63) is 35.4 Å². The zero-order valence-corrected chi connectivity index (χ0v) is 13.3. The largest absolute Gasteiger partial charge is 0.494 e. The van der Waals surface area contributed by atoms with E-state index >= 15 is 0 Å². The van der Waals surface area contributed by atoms with Crippen molar-refractivity contribution in [2.24, 2.45) is 0 Å². The second-order valence-electron chi connectivity index (χ2n) is 5.22. The molecule has 0 saturated carbocycles. The average molecular weight is 318 g/mol. The van der Waals surface area contributed by atoms with Crippen molar-refractivity contribution >= 4 is 28.6 Å². The third-order valence-electron chi connectivity index (χ3n) is 3.51. The van der Waals surface area contributed by atoms with Crippen LogP contribution in [0.2, 0.25) is 5.28 Å². The molecule has 0 fully saturated rings. The molecule has 2 N–H and O–H groups in total. The molecule has 0 aliphatic heterocycles. The molecule has 0 aliphatic carbocycles. The minimum absolute atomic E-state index is 0.0886.